The SMILES string of the molecule is C=C/C=C(/N=C/C1=C/c2ccccc2Cc2c(C)c(/C=C\CC)cc(C=NC3=C(O)CCC=C3)c2ONC1)C(=C)O. The molecule has 1 aliphatic carbocycles. The number of aliphatic hydroxyl groups is 2. The number of aliphatic hydroxyl groups excluding tert-OH is 2. The molecule has 6 heteroatoms. The van der Waals surface area contributed by atoms with Crippen LogP contribution in [0.1, 0.15) is 59.6 Å². The second-order valence-corrected chi connectivity index (χ2v) is 9.84. The molecule has 0 saturated heterocycles. The van der Waals surface area contributed by atoms with Gasteiger partial charge in [-0.2, -0.15) is 5.48 Å². The molecule has 2 aromatic carbocycles. The minimum absolute atomic E-state index is 0.138. The summed E-state index contributed by atoms with van der Waals surface area (Å²) in [5, 5.41) is 20.2. The fraction of sp³-hybridized carbons (Fsp3) is 0.200. The fourth-order valence-corrected chi connectivity index (χ4v) is 4.63. The number of allylic oxidation sites excluding steroid dienone is 6. The number of benzene rings is 2. The fourth-order valence-electron chi connectivity index (χ4n) is 4.63. The van der Waals surface area contributed by atoms with Crippen molar-refractivity contribution in [3.8, 4) is 5.75 Å². The van der Waals surface area contributed by atoms with Crippen molar-refractivity contribution in [2.45, 2.75) is 39.5 Å². The standard InChI is InChI=1S/C35H37N3O3/c1-5-7-13-27-19-30(23-37-33-16-10-11-17-34(33)40)35-31(24(27)3)20-29-15-9-8-14-28(29)18-26(22-38-41-35)21-36-32(12-6-2)25(4)39/h6-10,12-16,18-19,21,23,38-40H,2,4-5,11,17,20,22H2,1,3H3/b13-7-,26-18-,32-12+,36-21+,37-23?. The van der Waals surface area contributed by atoms with Crippen LogP contribution in [0, 0.1) is 6.92 Å². The van der Waals surface area contributed by atoms with Gasteiger partial charge in [0.05, 0.1) is 6.54 Å². The van der Waals surface area contributed by atoms with Crippen molar-refractivity contribution in [3.63, 3.8) is 0 Å². The Morgan fingerprint density at radius 3 is 2.78 bits per heavy atom. The van der Waals surface area contributed by atoms with Crippen LogP contribution in [0.25, 0.3) is 12.2 Å². The molecule has 0 atom stereocenters. The van der Waals surface area contributed by atoms with Crippen molar-refractivity contribution in [1.82, 2.24) is 5.48 Å². The van der Waals surface area contributed by atoms with Crippen molar-refractivity contribution in [2.24, 2.45) is 9.98 Å². The summed E-state index contributed by atoms with van der Waals surface area (Å²) in [4.78, 5) is 15.4. The van der Waals surface area contributed by atoms with E-state index in [4.69, 9.17) is 4.84 Å². The first-order valence-electron chi connectivity index (χ1n) is 13.8. The predicted octanol–water partition coefficient (Wildman–Crippen LogP) is 8.04. The minimum atomic E-state index is -0.138. The third kappa shape index (κ3) is 7.50. The Morgan fingerprint density at radius 2 is 2.02 bits per heavy atom. The molecule has 1 aliphatic heterocycles. The van der Waals surface area contributed by atoms with Crippen LogP contribution < -0.4 is 10.3 Å². The molecule has 41 heavy (non-hydrogen) atoms. The molecule has 0 radical (unpaired) electrons. The number of hydrogen-bond acceptors (Lipinski definition) is 6. The molecule has 0 saturated carbocycles. The van der Waals surface area contributed by atoms with Gasteiger partial charge in [0.1, 0.15) is 22.9 Å². The Morgan fingerprint density at radius 1 is 1.20 bits per heavy atom. The predicted molar refractivity (Wildman–Crippen MR) is 171 cm³/mol. The zero-order chi connectivity index (χ0) is 29.2. The number of fused-ring (bicyclic) bond motifs is 2. The monoisotopic (exact) mass is 547 g/mol. The molecule has 0 fully saturated rings. The summed E-state index contributed by atoms with van der Waals surface area (Å²) in [6, 6.07) is 10.3. The lowest BCUT2D eigenvalue weighted by Gasteiger charge is -2.21. The Labute approximate surface area is 242 Å². The van der Waals surface area contributed by atoms with Gasteiger partial charge in [-0.15, -0.1) is 0 Å². The highest BCUT2D eigenvalue weighted by molar-refractivity contribution is 5.89. The van der Waals surface area contributed by atoms with Gasteiger partial charge in [0.15, 0.2) is 5.75 Å². The van der Waals surface area contributed by atoms with Crippen LogP contribution in [0.5, 0.6) is 5.75 Å². The van der Waals surface area contributed by atoms with Gasteiger partial charge in [0.2, 0.25) is 0 Å². The molecule has 4 rings (SSSR count). The Hall–Kier alpha value is -4.68. The van der Waals surface area contributed by atoms with Crippen LogP contribution in [0.2, 0.25) is 0 Å². The maximum atomic E-state index is 10.4. The Bertz CT molecular complexity index is 1530. The van der Waals surface area contributed by atoms with E-state index < -0.39 is 0 Å². The number of hydroxylamine groups is 1. The lowest BCUT2D eigenvalue weighted by molar-refractivity contribution is 0.205. The van der Waals surface area contributed by atoms with E-state index in [9.17, 15) is 10.2 Å². The van der Waals surface area contributed by atoms with Crippen molar-refractivity contribution in [1.29, 1.82) is 0 Å². The van der Waals surface area contributed by atoms with Crippen LogP contribution in [0.3, 0.4) is 0 Å². The van der Waals surface area contributed by atoms with Crippen LogP contribution >= 0.6 is 0 Å². The maximum absolute atomic E-state index is 10.4. The molecule has 2 aliphatic rings. The van der Waals surface area contributed by atoms with E-state index in [-0.39, 0.29) is 11.5 Å². The summed E-state index contributed by atoms with van der Waals surface area (Å²) >= 11 is 0. The molecule has 0 spiro atoms. The van der Waals surface area contributed by atoms with Gasteiger partial charge in [-0.3, -0.25) is 9.98 Å². The maximum Gasteiger partial charge on any atom is 0.159 e. The summed E-state index contributed by atoms with van der Waals surface area (Å²) in [6.45, 7) is 11.8. The van der Waals surface area contributed by atoms with Crippen molar-refractivity contribution in [2.75, 3.05) is 6.54 Å². The molecule has 6 nitrogen and oxygen atoms in total. The van der Waals surface area contributed by atoms with E-state index in [2.05, 4.69) is 78.9 Å². The Kier molecular flexibility index (Phi) is 10.1. The lowest BCUT2D eigenvalue weighted by atomic mass is 9.90. The van der Waals surface area contributed by atoms with E-state index in [1.807, 2.05) is 24.3 Å². The van der Waals surface area contributed by atoms with Gasteiger partial charge in [-0.1, -0.05) is 68.7 Å². The van der Waals surface area contributed by atoms with E-state index in [0.29, 0.717) is 36.5 Å². The van der Waals surface area contributed by atoms with Crippen molar-refractivity contribution in [3.05, 3.63) is 136 Å². The highest BCUT2D eigenvalue weighted by Gasteiger charge is 2.19. The van der Waals surface area contributed by atoms with Gasteiger partial charge in [0, 0.05) is 36.4 Å². The zero-order valence-corrected chi connectivity index (χ0v) is 23.7. The Balaban J connectivity index is 1.83. The third-order valence-corrected chi connectivity index (χ3v) is 6.88. The number of rotatable bonds is 8. The van der Waals surface area contributed by atoms with E-state index in [1.165, 1.54) is 0 Å². The molecule has 210 valence electrons. The van der Waals surface area contributed by atoms with Crippen LogP contribution in [-0.4, -0.2) is 29.2 Å². The van der Waals surface area contributed by atoms with E-state index in [1.54, 1.807) is 24.6 Å². The zero-order valence-electron chi connectivity index (χ0n) is 23.7. The van der Waals surface area contributed by atoms with Crippen LogP contribution in [-0.2, 0) is 6.42 Å². The molecule has 0 aromatic heterocycles. The van der Waals surface area contributed by atoms with Gasteiger partial charge < -0.3 is 15.1 Å². The van der Waals surface area contributed by atoms with Gasteiger partial charge in [-0.25, -0.2) is 0 Å². The second kappa shape index (κ2) is 14.1. The number of nitrogens with one attached hydrogen (secondary N) is 1. The molecule has 0 unspecified atom stereocenters. The molecule has 2 aromatic rings. The van der Waals surface area contributed by atoms with E-state index >= 15 is 0 Å². The molecule has 0 bridgehead atoms. The van der Waals surface area contributed by atoms with E-state index in [0.717, 1.165) is 51.8 Å². The first-order chi connectivity index (χ1) is 19.9. The molecular weight excluding hydrogens is 510 g/mol. The van der Waals surface area contributed by atoms with Gasteiger partial charge in [0.25, 0.3) is 0 Å². The van der Waals surface area contributed by atoms with Crippen molar-refractivity contribution < 1.29 is 15.1 Å². The number of aliphatic imine (C=N–C) groups is 2. The second-order valence-electron chi connectivity index (χ2n) is 9.84. The molecule has 3 N–H and O–H groups in total. The number of hydrogen-bond donors (Lipinski definition) is 3. The number of nitrogens with zero attached hydrogens (tertiary/aromatic N) is 2. The van der Waals surface area contributed by atoms with Crippen molar-refractivity contribution >= 4 is 24.6 Å². The summed E-state index contributed by atoms with van der Waals surface area (Å²) in [5.41, 5.74) is 11.1. The quantitative estimate of drug-likeness (QED) is 0.177. The first kappa shape index (κ1) is 29.3. The largest absolute Gasteiger partial charge is 0.510 e. The molecule has 0 amide bonds. The summed E-state index contributed by atoms with van der Waals surface area (Å²) in [6.07, 6.45) is 19.8. The smallest absolute Gasteiger partial charge is 0.159 e. The van der Waals surface area contributed by atoms with Crippen LogP contribution in [0.4, 0.5) is 0 Å². The first-order valence-corrected chi connectivity index (χ1v) is 13.8. The third-order valence-electron chi connectivity index (χ3n) is 6.88. The van der Waals surface area contributed by atoms with Crippen LogP contribution in [0.15, 0.2) is 112 Å². The normalized spacial score (nSPS) is 17.3. The lowest BCUT2D eigenvalue weighted by Crippen LogP contribution is -2.24. The average molecular weight is 548 g/mol. The van der Waals surface area contributed by atoms with Gasteiger partial charge in [-0.05, 0) is 71.9 Å². The molecular formula is C35H37N3O3. The minimum Gasteiger partial charge on any atom is -0.510 e. The average Bonchev–Trinajstić information content (AvgIpc) is 2.97. The topological polar surface area (TPSA) is 86.4 Å². The highest BCUT2D eigenvalue weighted by atomic mass is 16.6. The summed E-state index contributed by atoms with van der Waals surface area (Å²) < 4.78 is 0. The van der Waals surface area contributed by atoms with Gasteiger partial charge >= 0.3 is 0 Å². The highest BCUT2D eigenvalue weighted by Crippen LogP contribution is 2.34. The molecule has 1 heterocycles. The summed E-state index contributed by atoms with van der Waals surface area (Å²) in [5.74, 6) is 0.834. The summed E-state index contributed by atoms with van der Waals surface area (Å²) in [7, 11) is 0.